The van der Waals surface area contributed by atoms with Gasteiger partial charge in [0.1, 0.15) is 58.5 Å². The van der Waals surface area contributed by atoms with E-state index < -0.39 is 46.5 Å². The maximum atomic E-state index is 13.3. The van der Waals surface area contributed by atoms with Crippen molar-refractivity contribution in [1.29, 1.82) is 0 Å². The first-order chi connectivity index (χ1) is 28.2. The second-order valence-electron chi connectivity index (χ2n) is 12.4. The van der Waals surface area contributed by atoms with Gasteiger partial charge in [-0.25, -0.2) is 19.2 Å². The number of phenols is 2. The van der Waals surface area contributed by atoms with Crippen LogP contribution >= 0.6 is 0 Å². The second kappa shape index (κ2) is 20.2. The number of phenolic OH excluding ortho intramolecular Hbond substituents is 2. The van der Waals surface area contributed by atoms with Crippen LogP contribution in [0.3, 0.4) is 0 Å². The van der Waals surface area contributed by atoms with Crippen LogP contribution in [0.4, 0.5) is 0 Å². The third-order valence-corrected chi connectivity index (χ3v) is 8.65. The highest BCUT2D eigenvalue weighted by Gasteiger charge is 2.33. The normalized spacial score (nSPS) is 10.6. The van der Waals surface area contributed by atoms with Gasteiger partial charge in [-0.05, 0) is 38.8 Å². The summed E-state index contributed by atoms with van der Waals surface area (Å²) in [4.78, 5) is 50.8. The number of benzene rings is 6. The van der Waals surface area contributed by atoms with Gasteiger partial charge in [0.15, 0.2) is 0 Å². The Balaban J connectivity index is 0.000000249. The van der Waals surface area contributed by atoms with Gasteiger partial charge in [0.2, 0.25) is 0 Å². The Hall–Kier alpha value is -7.08. The second-order valence-corrected chi connectivity index (χ2v) is 12.4. The Kier molecular flexibility index (Phi) is 14.6. The van der Waals surface area contributed by atoms with Gasteiger partial charge in [-0.1, -0.05) is 109 Å². The third kappa shape index (κ3) is 9.47. The van der Waals surface area contributed by atoms with Crippen LogP contribution in [0.1, 0.15) is 80.3 Å². The van der Waals surface area contributed by atoms with Gasteiger partial charge in [0.25, 0.3) is 0 Å². The molecule has 0 aliphatic heterocycles. The lowest BCUT2D eigenvalue weighted by atomic mass is 9.97. The number of hydrogen-bond acceptors (Lipinski definition) is 12. The molecule has 0 aliphatic rings. The summed E-state index contributed by atoms with van der Waals surface area (Å²) in [5.74, 6) is -3.50. The molecule has 0 radical (unpaired) electrons. The van der Waals surface area contributed by atoms with E-state index in [2.05, 4.69) is 0 Å². The molecule has 6 rings (SSSR count). The molecule has 0 heterocycles. The molecule has 12 heteroatoms. The van der Waals surface area contributed by atoms with E-state index in [1.165, 1.54) is 12.1 Å². The van der Waals surface area contributed by atoms with E-state index in [9.17, 15) is 29.4 Å². The molecular formula is C46H44O12. The number of carbonyl (C=O) groups excluding carboxylic acids is 4. The van der Waals surface area contributed by atoms with E-state index >= 15 is 0 Å². The van der Waals surface area contributed by atoms with Crippen LogP contribution < -0.4 is 9.47 Å². The van der Waals surface area contributed by atoms with Gasteiger partial charge in [-0.15, -0.1) is 0 Å². The first kappa shape index (κ1) is 42.1. The molecule has 0 spiro atoms. The number of rotatable bonds is 14. The predicted octanol–water partition coefficient (Wildman–Crippen LogP) is 8.96. The molecule has 0 fully saturated rings. The first-order valence-electron chi connectivity index (χ1n) is 18.7. The van der Waals surface area contributed by atoms with Gasteiger partial charge in [0, 0.05) is 21.5 Å². The number of ether oxygens (including phenoxy) is 6. The molecule has 0 aromatic heterocycles. The molecule has 6 aromatic carbocycles. The summed E-state index contributed by atoms with van der Waals surface area (Å²) in [5, 5.41) is 22.5. The van der Waals surface area contributed by atoms with Crippen LogP contribution in [-0.4, -0.2) is 60.5 Å². The minimum atomic E-state index is -0.899. The van der Waals surface area contributed by atoms with Crippen molar-refractivity contribution in [2.75, 3.05) is 26.4 Å². The molecule has 6 aromatic rings. The summed E-state index contributed by atoms with van der Waals surface area (Å²) in [6, 6.07) is 32.9. The Morgan fingerprint density at radius 3 is 0.983 bits per heavy atom. The Bertz CT molecular complexity index is 2220. The average Bonchev–Trinajstić information content (AvgIpc) is 3.24. The van der Waals surface area contributed by atoms with Crippen LogP contribution in [0.15, 0.2) is 109 Å². The molecule has 0 aliphatic carbocycles. The van der Waals surface area contributed by atoms with Crippen molar-refractivity contribution in [3.8, 4) is 23.0 Å². The van der Waals surface area contributed by atoms with E-state index in [0.29, 0.717) is 10.8 Å². The summed E-state index contributed by atoms with van der Waals surface area (Å²) in [5.41, 5.74) is 1.03. The van der Waals surface area contributed by atoms with Crippen LogP contribution in [0.5, 0.6) is 23.0 Å². The standard InChI is InChI=1S/C30H28O6.C16H16O6/c1-3-33-29(31)25-26(30(32)34-4-2)28(36-20-22-15-9-6-10-16-22)24-18-12-11-17-23(24)27(25)35-19-21-13-7-5-8-14-21;1-3-21-15(19)11-12(16(20)22-4-2)14(18)10-8-6-5-7-9(10)13(11)17/h5-18H,3-4,19-20H2,1-2H3;5-8,17-18H,3-4H2,1-2H3. The van der Waals surface area contributed by atoms with Crippen molar-refractivity contribution in [3.05, 3.63) is 143 Å². The summed E-state index contributed by atoms with van der Waals surface area (Å²) >= 11 is 0. The molecule has 2 N–H and O–H groups in total. The van der Waals surface area contributed by atoms with E-state index in [-0.39, 0.29) is 73.0 Å². The maximum absolute atomic E-state index is 13.3. The molecule has 0 bridgehead atoms. The molecule has 0 saturated heterocycles. The predicted molar refractivity (Wildman–Crippen MR) is 217 cm³/mol. The van der Waals surface area contributed by atoms with E-state index in [4.69, 9.17) is 28.4 Å². The van der Waals surface area contributed by atoms with Crippen LogP contribution in [0.2, 0.25) is 0 Å². The zero-order valence-corrected chi connectivity index (χ0v) is 32.6. The summed E-state index contributed by atoms with van der Waals surface area (Å²) in [7, 11) is 0. The van der Waals surface area contributed by atoms with E-state index in [1.54, 1.807) is 39.8 Å². The highest BCUT2D eigenvalue weighted by atomic mass is 16.6. The van der Waals surface area contributed by atoms with E-state index in [1.807, 2.05) is 84.9 Å². The minimum absolute atomic E-state index is 0.00649. The van der Waals surface area contributed by atoms with Gasteiger partial charge in [-0.3, -0.25) is 0 Å². The quantitative estimate of drug-likeness (QED) is 0.0613. The SMILES string of the molecule is CCOC(=O)c1c(C(=O)OCC)c(O)c2ccccc2c1O.CCOC(=O)c1c(C(=O)OCC)c(OCc2ccccc2)c2ccccc2c1OCc1ccccc1. The fraction of sp³-hybridized carbons (Fsp3) is 0.217. The van der Waals surface area contributed by atoms with Crippen molar-refractivity contribution in [2.45, 2.75) is 40.9 Å². The molecular weight excluding hydrogens is 744 g/mol. The van der Waals surface area contributed by atoms with Crippen molar-refractivity contribution in [2.24, 2.45) is 0 Å². The molecule has 300 valence electrons. The van der Waals surface area contributed by atoms with Crippen LogP contribution in [0.25, 0.3) is 21.5 Å². The molecule has 0 amide bonds. The number of hydrogen-bond donors (Lipinski definition) is 2. The molecule has 0 unspecified atom stereocenters. The topological polar surface area (TPSA) is 164 Å². The number of aromatic hydroxyl groups is 2. The summed E-state index contributed by atoms with van der Waals surface area (Å²) in [6.07, 6.45) is 0. The van der Waals surface area contributed by atoms with Gasteiger partial charge >= 0.3 is 23.9 Å². The lowest BCUT2D eigenvalue weighted by molar-refractivity contribution is 0.0470. The van der Waals surface area contributed by atoms with Crippen molar-refractivity contribution >= 4 is 45.4 Å². The zero-order valence-electron chi connectivity index (χ0n) is 32.6. The number of fused-ring (bicyclic) bond motifs is 2. The molecule has 0 atom stereocenters. The van der Waals surface area contributed by atoms with E-state index in [0.717, 1.165) is 11.1 Å². The summed E-state index contributed by atoms with van der Waals surface area (Å²) in [6.45, 7) is 7.40. The van der Waals surface area contributed by atoms with Gasteiger partial charge in [-0.2, -0.15) is 0 Å². The smallest absolute Gasteiger partial charge is 0.342 e. The molecule has 0 saturated carbocycles. The van der Waals surface area contributed by atoms with Crippen LogP contribution in [0, 0.1) is 0 Å². The molecule has 58 heavy (non-hydrogen) atoms. The molecule has 12 nitrogen and oxygen atoms in total. The highest BCUT2D eigenvalue weighted by Crippen LogP contribution is 2.43. The Labute approximate surface area is 335 Å². The van der Waals surface area contributed by atoms with Crippen LogP contribution in [-0.2, 0) is 32.2 Å². The first-order valence-corrected chi connectivity index (χ1v) is 18.7. The Morgan fingerprint density at radius 2 is 0.672 bits per heavy atom. The summed E-state index contributed by atoms with van der Waals surface area (Å²) < 4.78 is 32.9. The minimum Gasteiger partial charge on any atom is -0.506 e. The highest BCUT2D eigenvalue weighted by molar-refractivity contribution is 6.15. The largest absolute Gasteiger partial charge is 0.506 e. The lowest BCUT2D eigenvalue weighted by Crippen LogP contribution is -2.18. The monoisotopic (exact) mass is 788 g/mol. The van der Waals surface area contributed by atoms with Crippen molar-refractivity contribution in [1.82, 2.24) is 0 Å². The fourth-order valence-electron chi connectivity index (χ4n) is 6.14. The lowest BCUT2D eigenvalue weighted by Gasteiger charge is -2.21. The fourth-order valence-corrected chi connectivity index (χ4v) is 6.14. The Morgan fingerprint density at radius 1 is 0.397 bits per heavy atom. The van der Waals surface area contributed by atoms with Crippen molar-refractivity contribution < 1.29 is 57.8 Å². The van der Waals surface area contributed by atoms with Gasteiger partial charge < -0.3 is 38.6 Å². The van der Waals surface area contributed by atoms with Crippen molar-refractivity contribution in [3.63, 3.8) is 0 Å². The average molecular weight is 789 g/mol. The number of carbonyl (C=O) groups is 4. The maximum Gasteiger partial charge on any atom is 0.342 e. The zero-order chi connectivity index (χ0) is 41.6. The van der Waals surface area contributed by atoms with Gasteiger partial charge in [0.05, 0.1) is 26.4 Å². The number of esters is 4. The third-order valence-electron chi connectivity index (χ3n) is 8.65.